The molecular weight excluding hydrogens is 420 g/mol. The number of aryl methyl sites for hydroxylation is 2. The van der Waals surface area contributed by atoms with E-state index in [4.69, 9.17) is 11.6 Å². The highest BCUT2D eigenvalue weighted by molar-refractivity contribution is 6.35. The van der Waals surface area contributed by atoms with E-state index in [2.05, 4.69) is 15.3 Å². The van der Waals surface area contributed by atoms with Crippen molar-refractivity contribution in [2.75, 3.05) is 5.32 Å². The Balaban J connectivity index is 1.60. The molecule has 1 aromatic carbocycles. The monoisotopic (exact) mass is 442 g/mol. The van der Waals surface area contributed by atoms with Crippen LogP contribution in [0.4, 0.5) is 5.95 Å². The van der Waals surface area contributed by atoms with Gasteiger partial charge in [-0.2, -0.15) is 4.98 Å². The summed E-state index contributed by atoms with van der Waals surface area (Å²) in [6.07, 6.45) is 2.05. The van der Waals surface area contributed by atoms with Gasteiger partial charge in [0.05, 0.1) is 18.7 Å². The smallest absolute Gasteiger partial charge is 0.332 e. The van der Waals surface area contributed by atoms with E-state index in [-0.39, 0.29) is 12.6 Å². The van der Waals surface area contributed by atoms with Crippen molar-refractivity contribution in [1.82, 2.24) is 23.7 Å². The van der Waals surface area contributed by atoms with Gasteiger partial charge in [-0.05, 0) is 37.5 Å². The summed E-state index contributed by atoms with van der Waals surface area (Å²) >= 11 is 6.25. The molecule has 0 radical (unpaired) electrons. The number of halogens is 1. The molecule has 1 unspecified atom stereocenters. The van der Waals surface area contributed by atoms with Gasteiger partial charge in [0.1, 0.15) is 0 Å². The van der Waals surface area contributed by atoms with E-state index in [1.165, 1.54) is 9.13 Å². The second kappa shape index (κ2) is 7.28. The van der Waals surface area contributed by atoms with Crippen LogP contribution in [0.5, 0.6) is 0 Å². The third-order valence-corrected chi connectivity index (χ3v) is 6.48. The van der Waals surface area contributed by atoms with Crippen LogP contribution in [0.25, 0.3) is 22.1 Å². The Morgan fingerprint density at radius 2 is 2.06 bits per heavy atom. The fraction of sp³-hybridized carbons (Fsp3) is 0.381. The minimum atomic E-state index is -0.451. The van der Waals surface area contributed by atoms with E-state index < -0.39 is 17.4 Å². The molecule has 2 atom stereocenters. The maximum Gasteiger partial charge on any atom is 0.332 e. The van der Waals surface area contributed by atoms with Crippen molar-refractivity contribution in [1.29, 1.82) is 0 Å². The molecule has 31 heavy (non-hydrogen) atoms. The molecular formula is C21H23ClN6O3. The number of aromatic amines is 1. The van der Waals surface area contributed by atoms with Crippen LogP contribution >= 0.6 is 11.6 Å². The molecule has 10 heteroatoms. The standard InChI is InChI=1S/C21H23ClN6O3/c1-26-17-18(25-20(26)24-15-7-4-8-16(15)29)27(2)21(31)28(19(17)30)10-11-9-12-13(22)5-3-6-14(12)23-11/h3,5-6,9,15-16,23,29H,4,7-8,10H2,1-2H3,(H,24,25)/t15?,16-/m0/s1. The molecule has 1 aliphatic rings. The van der Waals surface area contributed by atoms with Gasteiger partial charge < -0.3 is 20.0 Å². The molecule has 5 rings (SSSR count). The first-order valence-corrected chi connectivity index (χ1v) is 10.6. The largest absolute Gasteiger partial charge is 0.391 e. The summed E-state index contributed by atoms with van der Waals surface area (Å²) in [5.74, 6) is 0.461. The van der Waals surface area contributed by atoms with Crippen LogP contribution in [0.15, 0.2) is 33.9 Å². The number of nitrogens with one attached hydrogen (secondary N) is 2. The Bertz CT molecular complexity index is 1430. The van der Waals surface area contributed by atoms with E-state index >= 15 is 0 Å². The molecule has 3 N–H and O–H groups in total. The summed E-state index contributed by atoms with van der Waals surface area (Å²) < 4.78 is 4.22. The van der Waals surface area contributed by atoms with E-state index in [1.807, 2.05) is 18.2 Å². The summed E-state index contributed by atoms with van der Waals surface area (Å²) in [6.45, 7) is 0.0851. The highest BCUT2D eigenvalue weighted by Crippen LogP contribution is 2.25. The number of imidazole rings is 1. The van der Waals surface area contributed by atoms with E-state index in [0.29, 0.717) is 27.8 Å². The lowest BCUT2D eigenvalue weighted by Crippen LogP contribution is -2.39. The van der Waals surface area contributed by atoms with E-state index in [0.717, 1.165) is 30.2 Å². The Kier molecular flexibility index (Phi) is 4.67. The van der Waals surface area contributed by atoms with Gasteiger partial charge in [-0.25, -0.2) is 4.79 Å². The topological polar surface area (TPSA) is 110 Å². The molecule has 0 spiro atoms. The van der Waals surface area contributed by atoms with Crippen molar-refractivity contribution in [2.24, 2.45) is 14.1 Å². The minimum Gasteiger partial charge on any atom is -0.391 e. The third-order valence-electron chi connectivity index (χ3n) is 6.15. The van der Waals surface area contributed by atoms with Gasteiger partial charge in [0.25, 0.3) is 5.56 Å². The molecule has 1 fully saturated rings. The molecule has 3 heterocycles. The zero-order chi connectivity index (χ0) is 21.9. The second-order valence-corrected chi connectivity index (χ2v) is 8.55. The maximum atomic E-state index is 13.3. The number of fused-ring (bicyclic) bond motifs is 2. The summed E-state index contributed by atoms with van der Waals surface area (Å²) in [7, 11) is 3.34. The van der Waals surface area contributed by atoms with Gasteiger partial charge in [-0.3, -0.25) is 13.9 Å². The van der Waals surface area contributed by atoms with E-state index in [1.54, 1.807) is 24.7 Å². The van der Waals surface area contributed by atoms with E-state index in [9.17, 15) is 14.7 Å². The quantitative estimate of drug-likeness (QED) is 0.447. The molecule has 1 aliphatic carbocycles. The van der Waals surface area contributed by atoms with Gasteiger partial charge in [-0.15, -0.1) is 0 Å². The van der Waals surface area contributed by atoms with Crippen LogP contribution in [0.1, 0.15) is 25.0 Å². The molecule has 4 aromatic rings. The Hall–Kier alpha value is -3.04. The number of aliphatic hydroxyl groups excluding tert-OH is 1. The number of H-pyrrole nitrogens is 1. The predicted molar refractivity (Wildman–Crippen MR) is 120 cm³/mol. The molecule has 0 amide bonds. The highest BCUT2D eigenvalue weighted by atomic mass is 35.5. The number of benzene rings is 1. The molecule has 0 aliphatic heterocycles. The first-order chi connectivity index (χ1) is 14.8. The summed E-state index contributed by atoms with van der Waals surface area (Å²) in [6, 6.07) is 7.26. The van der Waals surface area contributed by atoms with Gasteiger partial charge >= 0.3 is 5.69 Å². The van der Waals surface area contributed by atoms with Gasteiger partial charge in [0.15, 0.2) is 11.2 Å². The average Bonchev–Trinajstić information content (AvgIpc) is 3.43. The van der Waals surface area contributed by atoms with Gasteiger partial charge in [0, 0.05) is 35.7 Å². The van der Waals surface area contributed by atoms with Crippen LogP contribution in [-0.4, -0.2) is 40.9 Å². The fourth-order valence-corrected chi connectivity index (χ4v) is 4.65. The van der Waals surface area contributed by atoms with Gasteiger partial charge in [-0.1, -0.05) is 17.7 Å². The summed E-state index contributed by atoms with van der Waals surface area (Å²) in [5, 5.41) is 14.8. The SMILES string of the molecule is Cn1c(NC2CCC[C@@H]2O)nc2c1c(=O)n(Cc1cc3c(Cl)cccc3[nH]1)c(=O)n2C. The van der Waals surface area contributed by atoms with Gasteiger partial charge in [0.2, 0.25) is 5.95 Å². The third kappa shape index (κ3) is 3.16. The number of anilines is 1. The van der Waals surface area contributed by atoms with Crippen molar-refractivity contribution in [3.63, 3.8) is 0 Å². The number of hydrogen-bond donors (Lipinski definition) is 3. The first kappa shape index (κ1) is 19.9. The lowest BCUT2D eigenvalue weighted by Gasteiger charge is -2.16. The Morgan fingerprint density at radius 3 is 2.77 bits per heavy atom. The number of nitrogens with zero attached hydrogens (tertiary/aromatic N) is 4. The summed E-state index contributed by atoms with van der Waals surface area (Å²) in [4.78, 5) is 34.0. The lowest BCUT2D eigenvalue weighted by atomic mass is 10.2. The number of aliphatic hydroxyl groups is 1. The molecule has 162 valence electrons. The van der Waals surface area contributed by atoms with Crippen molar-refractivity contribution in [2.45, 2.75) is 38.0 Å². The van der Waals surface area contributed by atoms with Crippen LogP contribution in [-0.2, 0) is 20.6 Å². The normalized spacial score (nSPS) is 19.0. The lowest BCUT2D eigenvalue weighted by molar-refractivity contribution is 0.171. The second-order valence-electron chi connectivity index (χ2n) is 8.14. The van der Waals surface area contributed by atoms with Crippen molar-refractivity contribution < 1.29 is 5.11 Å². The average molecular weight is 443 g/mol. The maximum absolute atomic E-state index is 13.3. The van der Waals surface area contributed by atoms with Crippen LogP contribution in [0.2, 0.25) is 5.02 Å². The predicted octanol–water partition coefficient (Wildman–Crippen LogP) is 1.94. The molecule has 0 bridgehead atoms. The number of hydrogen-bond acceptors (Lipinski definition) is 5. The zero-order valence-corrected chi connectivity index (χ0v) is 18.0. The van der Waals surface area contributed by atoms with Crippen molar-refractivity contribution >= 4 is 39.6 Å². The Morgan fingerprint density at radius 1 is 1.26 bits per heavy atom. The van der Waals surface area contributed by atoms with Crippen molar-refractivity contribution in [3.8, 4) is 0 Å². The summed E-state index contributed by atoms with van der Waals surface area (Å²) in [5.41, 5.74) is 1.31. The van der Waals surface area contributed by atoms with Crippen molar-refractivity contribution in [3.05, 3.63) is 55.8 Å². The zero-order valence-electron chi connectivity index (χ0n) is 17.2. The minimum absolute atomic E-state index is 0.0851. The molecule has 9 nitrogen and oxygen atoms in total. The molecule has 0 saturated heterocycles. The Labute approximate surface area is 181 Å². The molecule has 3 aromatic heterocycles. The fourth-order valence-electron chi connectivity index (χ4n) is 4.42. The molecule has 1 saturated carbocycles. The number of aromatic nitrogens is 5. The first-order valence-electron chi connectivity index (χ1n) is 10.2. The number of rotatable bonds is 4. The highest BCUT2D eigenvalue weighted by Gasteiger charge is 2.27. The van der Waals surface area contributed by atoms with Crippen LogP contribution in [0, 0.1) is 0 Å². The van der Waals surface area contributed by atoms with Crippen LogP contribution < -0.4 is 16.6 Å². The van der Waals surface area contributed by atoms with Crippen LogP contribution in [0.3, 0.4) is 0 Å².